The molecular formula is C14H16N2O3. The van der Waals surface area contributed by atoms with Gasteiger partial charge in [-0.1, -0.05) is 26.8 Å². The minimum Gasteiger partial charge on any atom is -0.360 e. The lowest BCUT2D eigenvalue weighted by atomic mass is 9.87. The van der Waals surface area contributed by atoms with Crippen LogP contribution in [0.25, 0.3) is 10.9 Å². The van der Waals surface area contributed by atoms with E-state index in [0.29, 0.717) is 22.9 Å². The molecule has 5 nitrogen and oxygen atoms in total. The number of rotatable bonds is 3. The van der Waals surface area contributed by atoms with Crippen molar-refractivity contribution in [1.82, 2.24) is 4.98 Å². The zero-order chi connectivity index (χ0) is 14.2. The standard InChI is InChI=1S/C14H16N2O3/c1-14(2,3)7-12(17)9-8-15-10-5-4-6-11(13(9)10)16(18)19/h4-6,8,15H,7H2,1-3H3. The number of fused-ring (bicyclic) bond motifs is 1. The Balaban J connectivity index is 2.56. The fourth-order valence-electron chi connectivity index (χ4n) is 2.11. The largest absolute Gasteiger partial charge is 0.360 e. The number of carbonyl (C=O) groups excluding carboxylic acids is 1. The highest BCUT2D eigenvalue weighted by atomic mass is 16.6. The van der Waals surface area contributed by atoms with Crippen molar-refractivity contribution in [3.8, 4) is 0 Å². The number of nitrogens with zero attached hydrogens (tertiary/aromatic N) is 1. The van der Waals surface area contributed by atoms with Crippen molar-refractivity contribution >= 4 is 22.4 Å². The first kappa shape index (κ1) is 13.3. The molecule has 0 radical (unpaired) electrons. The molecule has 1 aromatic heterocycles. The summed E-state index contributed by atoms with van der Waals surface area (Å²) < 4.78 is 0. The van der Waals surface area contributed by atoms with Crippen LogP contribution in [0, 0.1) is 15.5 Å². The van der Waals surface area contributed by atoms with Crippen LogP contribution in [-0.4, -0.2) is 15.7 Å². The molecule has 2 rings (SSSR count). The SMILES string of the molecule is CC(C)(C)CC(=O)c1c[nH]c2cccc([N+](=O)[O-])c12. The summed E-state index contributed by atoms with van der Waals surface area (Å²) in [6, 6.07) is 4.76. The Kier molecular flexibility index (Phi) is 3.14. The highest BCUT2D eigenvalue weighted by Crippen LogP contribution is 2.31. The van der Waals surface area contributed by atoms with Crippen molar-refractivity contribution in [2.75, 3.05) is 0 Å². The van der Waals surface area contributed by atoms with Gasteiger partial charge in [0.1, 0.15) is 0 Å². The van der Waals surface area contributed by atoms with Gasteiger partial charge in [-0.2, -0.15) is 0 Å². The molecule has 0 atom stereocenters. The summed E-state index contributed by atoms with van der Waals surface area (Å²) in [5, 5.41) is 11.5. The second kappa shape index (κ2) is 4.50. The van der Waals surface area contributed by atoms with Gasteiger partial charge in [0, 0.05) is 24.2 Å². The van der Waals surface area contributed by atoms with E-state index in [0.717, 1.165) is 0 Å². The van der Waals surface area contributed by atoms with Crippen molar-refractivity contribution < 1.29 is 9.72 Å². The summed E-state index contributed by atoms with van der Waals surface area (Å²) in [5.74, 6) is -0.0759. The molecule has 0 unspecified atom stereocenters. The van der Waals surface area contributed by atoms with Crippen molar-refractivity contribution in [2.45, 2.75) is 27.2 Å². The van der Waals surface area contributed by atoms with Gasteiger partial charge < -0.3 is 4.98 Å². The first-order chi connectivity index (χ1) is 8.79. The summed E-state index contributed by atoms with van der Waals surface area (Å²) in [7, 11) is 0. The normalized spacial score (nSPS) is 11.7. The van der Waals surface area contributed by atoms with Gasteiger partial charge in [0.25, 0.3) is 5.69 Å². The molecule has 0 bridgehead atoms. The van der Waals surface area contributed by atoms with Crippen LogP contribution in [0.15, 0.2) is 24.4 Å². The smallest absolute Gasteiger partial charge is 0.279 e. The monoisotopic (exact) mass is 260 g/mol. The molecule has 1 aromatic carbocycles. The number of aromatic nitrogens is 1. The number of aromatic amines is 1. The predicted octanol–water partition coefficient (Wildman–Crippen LogP) is 3.70. The molecular weight excluding hydrogens is 244 g/mol. The highest BCUT2D eigenvalue weighted by Gasteiger charge is 2.24. The third kappa shape index (κ3) is 2.65. The van der Waals surface area contributed by atoms with Crippen LogP contribution in [0.1, 0.15) is 37.6 Å². The van der Waals surface area contributed by atoms with Crippen LogP contribution in [0.5, 0.6) is 0 Å². The number of hydrogen-bond acceptors (Lipinski definition) is 3. The Labute approximate surface area is 110 Å². The highest BCUT2D eigenvalue weighted by molar-refractivity contribution is 6.11. The van der Waals surface area contributed by atoms with Crippen LogP contribution >= 0.6 is 0 Å². The van der Waals surface area contributed by atoms with E-state index in [9.17, 15) is 14.9 Å². The van der Waals surface area contributed by atoms with E-state index in [1.807, 2.05) is 20.8 Å². The van der Waals surface area contributed by atoms with E-state index in [-0.39, 0.29) is 16.9 Å². The molecule has 0 aliphatic heterocycles. The number of nitrogens with one attached hydrogen (secondary N) is 1. The van der Waals surface area contributed by atoms with E-state index in [1.54, 1.807) is 18.3 Å². The van der Waals surface area contributed by atoms with Crippen LogP contribution in [0.3, 0.4) is 0 Å². The van der Waals surface area contributed by atoms with Gasteiger partial charge in [-0.15, -0.1) is 0 Å². The van der Waals surface area contributed by atoms with Crippen molar-refractivity contribution in [2.24, 2.45) is 5.41 Å². The molecule has 2 aromatic rings. The van der Waals surface area contributed by atoms with Crippen molar-refractivity contribution in [3.05, 3.63) is 40.1 Å². The number of nitro benzene ring substituents is 1. The number of H-pyrrole nitrogens is 1. The van der Waals surface area contributed by atoms with Crippen LogP contribution in [0.2, 0.25) is 0 Å². The molecule has 1 heterocycles. The number of ketones is 1. The van der Waals surface area contributed by atoms with Crippen molar-refractivity contribution in [1.29, 1.82) is 0 Å². The maximum Gasteiger partial charge on any atom is 0.279 e. The minimum absolute atomic E-state index is 0.0315. The third-order valence-corrected chi connectivity index (χ3v) is 2.87. The molecule has 0 amide bonds. The van der Waals surface area contributed by atoms with Crippen LogP contribution in [-0.2, 0) is 0 Å². The fraction of sp³-hybridized carbons (Fsp3) is 0.357. The molecule has 19 heavy (non-hydrogen) atoms. The van der Waals surface area contributed by atoms with E-state index in [1.165, 1.54) is 6.07 Å². The Morgan fingerprint density at radius 1 is 1.37 bits per heavy atom. The lowest BCUT2D eigenvalue weighted by Gasteiger charge is -2.16. The van der Waals surface area contributed by atoms with Gasteiger partial charge in [-0.05, 0) is 11.5 Å². The summed E-state index contributed by atoms with van der Waals surface area (Å²) >= 11 is 0. The maximum absolute atomic E-state index is 12.3. The van der Waals surface area contributed by atoms with Gasteiger partial charge in [-0.25, -0.2) is 0 Å². The predicted molar refractivity (Wildman–Crippen MR) is 73.4 cm³/mol. The summed E-state index contributed by atoms with van der Waals surface area (Å²) in [6.07, 6.45) is 1.91. The number of nitro groups is 1. The molecule has 0 aliphatic rings. The van der Waals surface area contributed by atoms with Gasteiger partial charge in [0.2, 0.25) is 0 Å². The topological polar surface area (TPSA) is 76.0 Å². The Morgan fingerprint density at radius 2 is 2.05 bits per heavy atom. The molecule has 5 heteroatoms. The third-order valence-electron chi connectivity index (χ3n) is 2.87. The molecule has 0 spiro atoms. The number of Topliss-reactive ketones (excluding diaryl/α,β-unsaturated/α-hetero) is 1. The van der Waals surface area contributed by atoms with E-state index in [2.05, 4.69) is 4.98 Å². The lowest BCUT2D eigenvalue weighted by molar-refractivity contribution is -0.383. The van der Waals surface area contributed by atoms with E-state index >= 15 is 0 Å². The molecule has 100 valence electrons. The Morgan fingerprint density at radius 3 is 2.63 bits per heavy atom. The van der Waals surface area contributed by atoms with E-state index < -0.39 is 4.92 Å². The van der Waals surface area contributed by atoms with Crippen LogP contribution in [0.4, 0.5) is 5.69 Å². The second-order valence-corrected chi connectivity index (χ2v) is 5.82. The quantitative estimate of drug-likeness (QED) is 0.519. The van der Waals surface area contributed by atoms with Gasteiger partial charge >= 0.3 is 0 Å². The average Bonchev–Trinajstić information content (AvgIpc) is 2.69. The fourth-order valence-corrected chi connectivity index (χ4v) is 2.11. The number of carbonyl (C=O) groups is 1. The summed E-state index contributed by atoms with van der Waals surface area (Å²) in [5.41, 5.74) is 0.837. The number of non-ortho nitro benzene ring substituents is 1. The van der Waals surface area contributed by atoms with Crippen LogP contribution < -0.4 is 0 Å². The zero-order valence-electron chi connectivity index (χ0n) is 11.2. The first-order valence-electron chi connectivity index (χ1n) is 6.07. The molecule has 0 saturated carbocycles. The number of hydrogen-bond donors (Lipinski definition) is 1. The second-order valence-electron chi connectivity index (χ2n) is 5.82. The van der Waals surface area contributed by atoms with Gasteiger partial charge in [0.15, 0.2) is 5.78 Å². The van der Waals surface area contributed by atoms with Gasteiger partial charge in [0.05, 0.1) is 15.8 Å². The molecule has 0 saturated heterocycles. The van der Waals surface area contributed by atoms with Gasteiger partial charge in [-0.3, -0.25) is 14.9 Å². The molecule has 0 aliphatic carbocycles. The lowest BCUT2D eigenvalue weighted by Crippen LogP contribution is -2.12. The summed E-state index contributed by atoms with van der Waals surface area (Å²) in [4.78, 5) is 25.8. The Bertz CT molecular complexity index is 650. The van der Waals surface area contributed by atoms with Crippen molar-refractivity contribution in [3.63, 3.8) is 0 Å². The van der Waals surface area contributed by atoms with E-state index in [4.69, 9.17) is 0 Å². The first-order valence-corrected chi connectivity index (χ1v) is 6.07. The molecule has 0 fully saturated rings. The summed E-state index contributed by atoms with van der Waals surface area (Å²) in [6.45, 7) is 5.90. The Hall–Kier alpha value is -2.17. The average molecular weight is 260 g/mol. The maximum atomic E-state index is 12.3. The molecule has 1 N–H and O–H groups in total. The number of benzene rings is 1. The minimum atomic E-state index is -0.454. The zero-order valence-corrected chi connectivity index (χ0v) is 11.2.